The number of hydrogen-bond donors (Lipinski definition) is 1. The molecule has 2 aliphatic rings. The van der Waals surface area contributed by atoms with Crippen LogP contribution in [0.4, 0.5) is 18.4 Å². The highest BCUT2D eigenvalue weighted by atomic mass is 19.2. The molecule has 8 nitrogen and oxygen atoms in total. The maximum atomic E-state index is 13.9. The van der Waals surface area contributed by atoms with Gasteiger partial charge in [0.1, 0.15) is 6.04 Å². The summed E-state index contributed by atoms with van der Waals surface area (Å²) in [4.78, 5) is 28.6. The van der Waals surface area contributed by atoms with E-state index in [1.54, 1.807) is 0 Å². The van der Waals surface area contributed by atoms with Crippen molar-refractivity contribution in [3.63, 3.8) is 0 Å². The molecule has 0 radical (unpaired) electrons. The van der Waals surface area contributed by atoms with Gasteiger partial charge in [0.2, 0.25) is 0 Å². The number of piperidine rings is 1. The molecule has 2 heterocycles. The van der Waals surface area contributed by atoms with Gasteiger partial charge in [-0.2, -0.15) is 5.26 Å². The molecular formula is C27H30F2N4O4. The molecule has 0 unspecified atom stereocenters. The molecule has 10 heteroatoms. The SMILES string of the molecule is COC[C@@H]1OC(=O)N(C(=O)NCCCN2CCC(c3ccccc3C#N)CC2)[C@H]1c1ccc(F)c(F)c1. The standard InChI is InChI=1S/C27H30F2N4O4/c1-36-17-24-25(19-7-8-22(28)23(29)15-19)33(27(35)37-24)26(34)31-11-4-12-32-13-9-18(10-14-32)21-6-3-2-5-20(21)16-30/h2-3,5-8,15,18,24-25H,4,9-14,17H2,1H3,(H,31,34)/t24-,25-/m0/s1. The predicted molar refractivity (Wildman–Crippen MR) is 131 cm³/mol. The number of methoxy groups -OCH3 is 1. The summed E-state index contributed by atoms with van der Waals surface area (Å²) in [6.07, 6.45) is 0.878. The average Bonchev–Trinajstić information content (AvgIpc) is 3.24. The highest BCUT2D eigenvalue weighted by Crippen LogP contribution is 2.34. The number of benzene rings is 2. The van der Waals surface area contributed by atoms with Crippen molar-refractivity contribution in [3.05, 3.63) is 70.8 Å². The fourth-order valence-corrected chi connectivity index (χ4v) is 5.09. The van der Waals surface area contributed by atoms with Gasteiger partial charge in [-0.1, -0.05) is 24.3 Å². The number of amides is 3. The first-order valence-corrected chi connectivity index (χ1v) is 12.4. The molecule has 4 rings (SSSR count). The Balaban J connectivity index is 1.29. The maximum Gasteiger partial charge on any atom is 0.419 e. The topological polar surface area (TPSA) is 94.9 Å². The van der Waals surface area contributed by atoms with Crippen LogP contribution < -0.4 is 5.32 Å². The number of carbonyl (C=O) groups excluding carboxylic acids is 2. The van der Waals surface area contributed by atoms with E-state index < -0.39 is 35.9 Å². The molecule has 2 aromatic carbocycles. The molecule has 0 aromatic heterocycles. The Bertz CT molecular complexity index is 1160. The summed E-state index contributed by atoms with van der Waals surface area (Å²) in [6, 6.07) is 11.6. The minimum atomic E-state index is -1.08. The summed E-state index contributed by atoms with van der Waals surface area (Å²) in [6.45, 7) is 2.89. The normalized spacial score (nSPS) is 20.5. The van der Waals surface area contributed by atoms with Gasteiger partial charge < -0.3 is 19.7 Å². The first-order chi connectivity index (χ1) is 17.9. The number of nitriles is 1. The zero-order valence-electron chi connectivity index (χ0n) is 20.7. The average molecular weight is 513 g/mol. The van der Waals surface area contributed by atoms with E-state index >= 15 is 0 Å². The summed E-state index contributed by atoms with van der Waals surface area (Å²) in [5.41, 5.74) is 2.08. The van der Waals surface area contributed by atoms with Crippen LogP contribution in [0.1, 0.15) is 47.9 Å². The van der Waals surface area contributed by atoms with Gasteiger partial charge in [-0.25, -0.2) is 23.3 Å². The van der Waals surface area contributed by atoms with Crippen LogP contribution >= 0.6 is 0 Å². The van der Waals surface area contributed by atoms with E-state index in [1.165, 1.54) is 13.2 Å². The van der Waals surface area contributed by atoms with Gasteiger partial charge in [-0.05, 0) is 74.1 Å². The molecule has 2 atom stereocenters. The van der Waals surface area contributed by atoms with E-state index in [0.717, 1.165) is 60.6 Å². The Hall–Kier alpha value is -3.55. The second kappa shape index (κ2) is 12.1. The third kappa shape index (κ3) is 6.06. The van der Waals surface area contributed by atoms with Gasteiger partial charge in [0.25, 0.3) is 0 Å². The summed E-state index contributed by atoms with van der Waals surface area (Å²) in [7, 11) is 1.42. The number of nitrogens with zero attached hydrogens (tertiary/aromatic N) is 3. The Kier molecular flexibility index (Phi) is 8.69. The van der Waals surface area contributed by atoms with E-state index in [0.29, 0.717) is 18.9 Å². The fourth-order valence-electron chi connectivity index (χ4n) is 5.09. The van der Waals surface area contributed by atoms with Gasteiger partial charge in [0.15, 0.2) is 17.7 Å². The second-order valence-electron chi connectivity index (χ2n) is 9.27. The van der Waals surface area contributed by atoms with Crippen LogP contribution in [0, 0.1) is 23.0 Å². The number of halogens is 2. The Morgan fingerprint density at radius 2 is 1.95 bits per heavy atom. The molecule has 3 amide bonds. The number of likely N-dealkylation sites (tertiary alicyclic amines) is 1. The van der Waals surface area contributed by atoms with Crippen LogP contribution in [0.5, 0.6) is 0 Å². The molecule has 0 aliphatic carbocycles. The summed E-state index contributed by atoms with van der Waals surface area (Å²) in [5, 5.41) is 12.1. The molecule has 0 saturated carbocycles. The Labute approximate surface area is 214 Å². The molecule has 2 saturated heterocycles. The van der Waals surface area contributed by atoms with Gasteiger partial charge >= 0.3 is 12.1 Å². The van der Waals surface area contributed by atoms with Crippen LogP contribution in [0.25, 0.3) is 0 Å². The van der Waals surface area contributed by atoms with E-state index in [1.807, 2.05) is 24.3 Å². The summed E-state index contributed by atoms with van der Waals surface area (Å²) in [5.74, 6) is -1.74. The number of ether oxygens (including phenoxy) is 2. The van der Waals surface area contributed by atoms with Crippen LogP contribution in [0.3, 0.4) is 0 Å². The Morgan fingerprint density at radius 3 is 2.65 bits per heavy atom. The lowest BCUT2D eigenvalue weighted by atomic mass is 9.87. The van der Waals surface area contributed by atoms with E-state index in [2.05, 4.69) is 16.3 Å². The third-order valence-electron chi connectivity index (χ3n) is 6.95. The minimum Gasteiger partial charge on any atom is -0.441 e. The highest BCUT2D eigenvalue weighted by Gasteiger charge is 2.46. The van der Waals surface area contributed by atoms with E-state index in [-0.39, 0.29) is 12.2 Å². The first kappa shape index (κ1) is 26.5. The van der Waals surface area contributed by atoms with Crippen LogP contribution in [0.15, 0.2) is 42.5 Å². The molecule has 2 aliphatic heterocycles. The van der Waals surface area contributed by atoms with Crippen molar-refractivity contribution in [2.75, 3.05) is 39.9 Å². The quantitative estimate of drug-likeness (QED) is 0.530. The van der Waals surface area contributed by atoms with Crippen molar-refractivity contribution < 1.29 is 27.8 Å². The van der Waals surface area contributed by atoms with Gasteiger partial charge in [0, 0.05) is 13.7 Å². The molecule has 2 aromatic rings. The smallest absolute Gasteiger partial charge is 0.419 e. The van der Waals surface area contributed by atoms with Gasteiger partial charge in [-0.15, -0.1) is 0 Å². The lowest BCUT2D eigenvalue weighted by molar-refractivity contribution is 0.0584. The number of cyclic esters (lactones) is 1. The van der Waals surface area contributed by atoms with Crippen molar-refractivity contribution >= 4 is 12.1 Å². The van der Waals surface area contributed by atoms with Gasteiger partial charge in [-0.3, -0.25) is 0 Å². The number of urea groups is 1. The monoisotopic (exact) mass is 512 g/mol. The number of nitrogens with one attached hydrogen (secondary N) is 1. The third-order valence-corrected chi connectivity index (χ3v) is 6.95. The molecule has 196 valence electrons. The first-order valence-electron chi connectivity index (χ1n) is 12.4. The van der Waals surface area contributed by atoms with Crippen LogP contribution in [-0.2, 0) is 9.47 Å². The van der Waals surface area contributed by atoms with E-state index in [4.69, 9.17) is 9.47 Å². The largest absolute Gasteiger partial charge is 0.441 e. The molecular weight excluding hydrogens is 482 g/mol. The highest BCUT2D eigenvalue weighted by molar-refractivity contribution is 5.93. The summed E-state index contributed by atoms with van der Waals surface area (Å²) >= 11 is 0. The molecule has 0 bridgehead atoms. The summed E-state index contributed by atoms with van der Waals surface area (Å²) < 4.78 is 37.7. The number of hydrogen-bond acceptors (Lipinski definition) is 6. The molecule has 1 N–H and O–H groups in total. The zero-order chi connectivity index (χ0) is 26.4. The van der Waals surface area contributed by atoms with Gasteiger partial charge in [0.05, 0.1) is 18.2 Å². The number of carbonyl (C=O) groups is 2. The molecule has 2 fully saturated rings. The molecule has 37 heavy (non-hydrogen) atoms. The number of imide groups is 1. The molecule has 0 spiro atoms. The van der Waals surface area contributed by atoms with Crippen molar-refractivity contribution in [1.82, 2.24) is 15.1 Å². The predicted octanol–water partition coefficient (Wildman–Crippen LogP) is 4.32. The fraction of sp³-hybridized carbons (Fsp3) is 0.444. The zero-order valence-corrected chi connectivity index (χ0v) is 20.7. The Morgan fingerprint density at radius 1 is 1.19 bits per heavy atom. The van der Waals surface area contributed by atoms with Crippen molar-refractivity contribution in [2.45, 2.75) is 37.3 Å². The van der Waals surface area contributed by atoms with Crippen molar-refractivity contribution in [1.29, 1.82) is 5.26 Å². The van der Waals surface area contributed by atoms with Crippen LogP contribution in [0.2, 0.25) is 0 Å². The van der Waals surface area contributed by atoms with Crippen LogP contribution in [-0.4, -0.2) is 67.9 Å². The second-order valence-corrected chi connectivity index (χ2v) is 9.27. The lowest BCUT2D eigenvalue weighted by Gasteiger charge is -2.32. The number of rotatable bonds is 8. The minimum absolute atomic E-state index is 0.00597. The van der Waals surface area contributed by atoms with E-state index in [9.17, 15) is 23.6 Å². The lowest BCUT2D eigenvalue weighted by Crippen LogP contribution is -2.44. The maximum absolute atomic E-state index is 13.9. The van der Waals surface area contributed by atoms with Crippen molar-refractivity contribution in [2.24, 2.45) is 0 Å². The van der Waals surface area contributed by atoms with Crippen molar-refractivity contribution in [3.8, 4) is 6.07 Å².